The average molecular weight is 484 g/mol. The molecule has 0 radical (unpaired) electrons. The summed E-state index contributed by atoms with van der Waals surface area (Å²) in [6.07, 6.45) is -0.0206. The van der Waals surface area contributed by atoms with Crippen molar-refractivity contribution in [3.05, 3.63) is 53.0 Å². The third-order valence-electron chi connectivity index (χ3n) is 3.64. The van der Waals surface area contributed by atoms with Crippen molar-refractivity contribution in [1.82, 2.24) is 5.32 Å². The van der Waals surface area contributed by atoms with Gasteiger partial charge in [0.25, 0.3) is 10.1 Å². The monoisotopic (exact) mass is 483 g/mol. The predicted molar refractivity (Wildman–Crippen MR) is 110 cm³/mol. The summed E-state index contributed by atoms with van der Waals surface area (Å²) in [5.74, 6) is -0.627. The van der Waals surface area contributed by atoms with Gasteiger partial charge in [0.2, 0.25) is 11.8 Å². The van der Waals surface area contributed by atoms with Gasteiger partial charge in [0, 0.05) is 16.6 Å². The number of hydrogen-bond acceptors (Lipinski definition) is 6. The van der Waals surface area contributed by atoms with Crippen molar-refractivity contribution in [2.45, 2.75) is 16.6 Å². The number of hydrogen-bond donors (Lipinski definition) is 3. The number of aliphatic imine (C=N–C) groups is 1. The summed E-state index contributed by atoms with van der Waals surface area (Å²) in [7, 11) is -4.28. The Bertz CT molecular complexity index is 1040. The largest absolute Gasteiger partial charge is 0.326 e. The predicted octanol–water partition coefficient (Wildman–Crippen LogP) is 2.94. The Balaban J connectivity index is 1.62. The van der Waals surface area contributed by atoms with Crippen LogP contribution >= 0.6 is 27.7 Å². The van der Waals surface area contributed by atoms with Gasteiger partial charge in [-0.2, -0.15) is 8.42 Å². The number of benzene rings is 2. The molecule has 3 N–H and O–H groups in total. The zero-order valence-electron chi connectivity index (χ0n) is 14.1. The van der Waals surface area contributed by atoms with E-state index in [4.69, 9.17) is 4.55 Å². The third-order valence-corrected chi connectivity index (χ3v) is 6.12. The molecule has 146 valence electrons. The second kappa shape index (κ2) is 8.43. The molecule has 1 atom stereocenters. The Hall–Kier alpha value is -2.21. The number of carbonyl (C=O) groups is 2. The molecule has 1 fully saturated rings. The molecule has 0 saturated carbocycles. The van der Waals surface area contributed by atoms with E-state index in [0.29, 0.717) is 16.5 Å². The van der Waals surface area contributed by atoms with Crippen molar-refractivity contribution < 1.29 is 22.6 Å². The van der Waals surface area contributed by atoms with Crippen molar-refractivity contribution in [1.29, 1.82) is 0 Å². The van der Waals surface area contributed by atoms with Gasteiger partial charge in [-0.1, -0.05) is 27.7 Å². The quantitative estimate of drug-likeness (QED) is 0.561. The molecule has 8 nitrogen and oxygen atoms in total. The van der Waals surface area contributed by atoms with Crippen LogP contribution in [0.3, 0.4) is 0 Å². The molecule has 1 saturated heterocycles. The molecule has 0 aromatic heterocycles. The molecule has 1 aliphatic heterocycles. The first kappa shape index (κ1) is 20.5. The Morgan fingerprint density at radius 1 is 1.18 bits per heavy atom. The minimum atomic E-state index is -4.28. The first-order valence-corrected chi connectivity index (χ1v) is 11.0. The molecular formula is C17H14BrN3O5S2. The fourth-order valence-electron chi connectivity index (χ4n) is 2.32. The van der Waals surface area contributed by atoms with E-state index in [-0.39, 0.29) is 23.1 Å². The lowest BCUT2D eigenvalue weighted by molar-refractivity contribution is -0.122. The van der Waals surface area contributed by atoms with Crippen LogP contribution in [0.5, 0.6) is 0 Å². The highest BCUT2D eigenvalue weighted by molar-refractivity contribution is 9.10. The maximum Gasteiger partial charge on any atom is 0.294 e. The number of amidine groups is 1. The first-order valence-electron chi connectivity index (χ1n) is 7.90. The highest BCUT2D eigenvalue weighted by Gasteiger charge is 2.32. The van der Waals surface area contributed by atoms with Gasteiger partial charge in [0.1, 0.15) is 5.25 Å². The molecule has 28 heavy (non-hydrogen) atoms. The van der Waals surface area contributed by atoms with Crippen LogP contribution in [0.25, 0.3) is 0 Å². The summed E-state index contributed by atoms with van der Waals surface area (Å²) < 4.78 is 31.9. The number of nitrogens with zero attached hydrogens (tertiary/aromatic N) is 1. The molecule has 2 amide bonds. The lowest BCUT2D eigenvalue weighted by atomic mass is 10.2. The summed E-state index contributed by atoms with van der Waals surface area (Å²) in [6, 6.07) is 12.3. The molecule has 1 heterocycles. The third kappa shape index (κ3) is 5.41. The normalized spacial score (nSPS) is 18.1. The second-order valence-corrected chi connectivity index (χ2v) is 9.27. The Kier molecular flexibility index (Phi) is 6.18. The van der Waals surface area contributed by atoms with Gasteiger partial charge in [-0.3, -0.25) is 14.1 Å². The van der Waals surface area contributed by atoms with Gasteiger partial charge in [-0.25, -0.2) is 4.99 Å². The topological polar surface area (TPSA) is 125 Å². The Morgan fingerprint density at radius 2 is 1.82 bits per heavy atom. The van der Waals surface area contributed by atoms with Crippen molar-refractivity contribution >= 4 is 66.2 Å². The molecular weight excluding hydrogens is 470 g/mol. The number of thioether (sulfide) groups is 1. The summed E-state index contributed by atoms with van der Waals surface area (Å²) in [5.41, 5.74) is 1.03. The lowest BCUT2D eigenvalue weighted by Crippen LogP contribution is -2.28. The lowest BCUT2D eigenvalue weighted by Gasteiger charge is -2.07. The summed E-state index contributed by atoms with van der Waals surface area (Å²) >= 11 is 4.43. The zero-order chi connectivity index (χ0) is 20.3. The van der Waals surface area contributed by atoms with Crippen LogP contribution in [0.15, 0.2) is 62.9 Å². The highest BCUT2D eigenvalue weighted by Crippen LogP contribution is 2.26. The van der Waals surface area contributed by atoms with Crippen LogP contribution in [-0.2, 0) is 19.7 Å². The molecule has 0 aliphatic carbocycles. The zero-order valence-corrected chi connectivity index (χ0v) is 17.3. The van der Waals surface area contributed by atoms with E-state index in [1.54, 1.807) is 24.3 Å². The molecule has 11 heteroatoms. The van der Waals surface area contributed by atoms with Crippen LogP contribution in [0.1, 0.15) is 6.42 Å². The smallest absolute Gasteiger partial charge is 0.294 e. The van der Waals surface area contributed by atoms with Crippen LogP contribution < -0.4 is 10.6 Å². The maximum atomic E-state index is 12.2. The number of anilines is 1. The number of rotatable bonds is 5. The van der Waals surface area contributed by atoms with E-state index >= 15 is 0 Å². The van der Waals surface area contributed by atoms with Gasteiger partial charge in [-0.05, 0) is 48.5 Å². The van der Waals surface area contributed by atoms with E-state index in [9.17, 15) is 18.0 Å². The molecule has 1 aliphatic rings. The average Bonchev–Trinajstić information content (AvgIpc) is 2.95. The first-order chi connectivity index (χ1) is 13.2. The SMILES string of the molecule is O=C(CC1SC(=Nc2ccc(S(=O)(=O)O)cc2)NC1=O)Nc1ccc(Br)cc1. The van der Waals surface area contributed by atoms with Gasteiger partial charge >= 0.3 is 0 Å². The molecule has 3 rings (SSSR count). The van der Waals surface area contributed by atoms with Crippen molar-refractivity contribution in [2.24, 2.45) is 4.99 Å². The number of amides is 2. The second-order valence-electron chi connectivity index (χ2n) is 5.74. The minimum absolute atomic E-state index is 0.0206. The van der Waals surface area contributed by atoms with Gasteiger partial charge in [0.05, 0.1) is 10.6 Å². The van der Waals surface area contributed by atoms with Crippen molar-refractivity contribution in [3.63, 3.8) is 0 Å². The number of nitrogens with one attached hydrogen (secondary N) is 2. The summed E-state index contributed by atoms with van der Waals surface area (Å²) in [6.45, 7) is 0. The summed E-state index contributed by atoms with van der Waals surface area (Å²) in [4.78, 5) is 28.2. The minimum Gasteiger partial charge on any atom is -0.326 e. The van der Waals surface area contributed by atoms with Crippen LogP contribution in [0.2, 0.25) is 0 Å². The fraction of sp³-hybridized carbons (Fsp3) is 0.118. The number of halogens is 1. The standard InChI is InChI=1S/C17H14BrN3O5S2/c18-10-1-3-11(4-2-10)19-15(22)9-14-16(23)21-17(27-14)20-12-5-7-13(8-6-12)28(24,25)26/h1-8,14H,9H2,(H,19,22)(H,20,21,23)(H,24,25,26). The molecule has 0 spiro atoms. The van der Waals surface area contributed by atoms with Crippen LogP contribution in [0.4, 0.5) is 11.4 Å². The van der Waals surface area contributed by atoms with Crippen molar-refractivity contribution in [2.75, 3.05) is 5.32 Å². The van der Waals surface area contributed by atoms with Crippen LogP contribution in [0, 0.1) is 0 Å². The molecule has 2 aromatic carbocycles. The summed E-state index contributed by atoms with van der Waals surface area (Å²) in [5, 5.41) is 5.01. The van der Waals surface area contributed by atoms with Gasteiger partial charge < -0.3 is 10.6 Å². The van der Waals surface area contributed by atoms with E-state index in [2.05, 4.69) is 31.6 Å². The fourth-order valence-corrected chi connectivity index (χ4v) is 4.05. The Labute approximate surface area is 173 Å². The van der Waals surface area contributed by atoms with E-state index in [0.717, 1.165) is 16.2 Å². The van der Waals surface area contributed by atoms with Crippen LogP contribution in [-0.4, -0.2) is 35.2 Å². The van der Waals surface area contributed by atoms with E-state index in [1.165, 1.54) is 24.3 Å². The van der Waals surface area contributed by atoms with E-state index < -0.39 is 15.4 Å². The molecule has 1 unspecified atom stereocenters. The van der Waals surface area contributed by atoms with E-state index in [1.807, 2.05) is 0 Å². The van der Waals surface area contributed by atoms with Crippen molar-refractivity contribution in [3.8, 4) is 0 Å². The molecule has 2 aromatic rings. The molecule has 0 bridgehead atoms. The highest BCUT2D eigenvalue weighted by atomic mass is 79.9. The Morgan fingerprint density at radius 3 is 2.43 bits per heavy atom. The maximum absolute atomic E-state index is 12.2. The van der Waals surface area contributed by atoms with Gasteiger partial charge in [-0.15, -0.1) is 0 Å². The number of carbonyl (C=O) groups excluding carboxylic acids is 2. The van der Waals surface area contributed by atoms with Gasteiger partial charge in [0.15, 0.2) is 5.17 Å².